The average molecular weight is 596 g/mol. The summed E-state index contributed by atoms with van der Waals surface area (Å²) in [4.78, 5) is 57.2. The molecule has 1 aromatic carbocycles. The smallest absolute Gasteiger partial charge is 0.417 e. The van der Waals surface area contributed by atoms with Gasteiger partial charge in [0, 0.05) is 32.0 Å². The van der Waals surface area contributed by atoms with Crippen LogP contribution in [0.25, 0.3) is 0 Å². The van der Waals surface area contributed by atoms with Crippen molar-refractivity contribution < 1.29 is 42.2 Å². The average Bonchev–Trinajstić information content (AvgIpc) is 2.89. The highest BCUT2D eigenvalue weighted by Gasteiger charge is 2.66. The van der Waals surface area contributed by atoms with E-state index >= 15 is 0 Å². The van der Waals surface area contributed by atoms with E-state index in [1.165, 1.54) is 7.11 Å². The zero-order valence-electron chi connectivity index (χ0n) is 24.9. The third kappa shape index (κ3) is 4.94. The van der Waals surface area contributed by atoms with Gasteiger partial charge in [0.2, 0.25) is 5.91 Å². The van der Waals surface area contributed by atoms with Gasteiger partial charge < -0.3 is 15.6 Å². The molecule has 3 aliphatic carbocycles. The first-order chi connectivity index (χ1) is 19.5. The van der Waals surface area contributed by atoms with Crippen LogP contribution in [0.4, 0.5) is 13.2 Å². The topological polar surface area (TPSA) is 130 Å². The molecular formula is C30H40F3N3O6. The van der Waals surface area contributed by atoms with Gasteiger partial charge in [0.15, 0.2) is 17.3 Å². The number of methoxy groups -OCH3 is 1. The monoisotopic (exact) mass is 595 g/mol. The number of rotatable bonds is 8. The summed E-state index contributed by atoms with van der Waals surface area (Å²) in [6, 6.07) is -0.0000726. The number of phenolic OH excluding ortho intramolecular Hbond substituents is 1. The lowest BCUT2D eigenvalue weighted by Crippen LogP contribution is -2.70. The van der Waals surface area contributed by atoms with Crippen LogP contribution in [0.15, 0.2) is 6.07 Å². The lowest BCUT2D eigenvalue weighted by atomic mass is 9.52. The second-order valence-electron chi connectivity index (χ2n) is 12.2. The van der Waals surface area contributed by atoms with Gasteiger partial charge in [0.1, 0.15) is 17.3 Å². The molecule has 7 unspecified atom stereocenters. The summed E-state index contributed by atoms with van der Waals surface area (Å²) in [5.74, 6) is -8.02. The van der Waals surface area contributed by atoms with Crippen molar-refractivity contribution in [2.24, 2.45) is 29.4 Å². The maximum Gasteiger partial charge on any atom is 0.417 e. The number of ketones is 3. The highest BCUT2D eigenvalue weighted by Crippen LogP contribution is 2.54. The molecule has 0 radical (unpaired) electrons. The van der Waals surface area contributed by atoms with Crippen LogP contribution in [-0.2, 0) is 38.3 Å². The number of nitrogens with zero attached hydrogens (tertiary/aromatic N) is 2. The Bertz CT molecular complexity index is 1300. The number of fused-ring (bicyclic) bond motifs is 3. The number of hydrogen-bond acceptors (Lipinski definition) is 8. The van der Waals surface area contributed by atoms with Gasteiger partial charge in [-0.3, -0.25) is 29.0 Å². The number of primary amides is 1. The number of Topliss-reactive ketones (excluding diaryl/α,β-unsaturated/α-hetero) is 3. The quantitative estimate of drug-likeness (QED) is 0.439. The molecule has 0 aliphatic heterocycles. The Morgan fingerprint density at radius 2 is 1.88 bits per heavy atom. The van der Waals surface area contributed by atoms with E-state index in [0.717, 1.165) is 6.07 Å². The van der Waals surface area contributed by atoms with Crippen LogP contribution in [-0.4, -0.2) is 83.6 Å². The largest absolute Gasteiger partial charge is 0.507 e. The number of halogens is 3. The van der Waals surface area contributed by atoms with E-state index in [4.69, 9.17) is 10.5 Å². The summed E-state index contributed by atoms with van der Waals surface area (Å²) in [7, 11) is 4.47. The summed E-state index contributed by atoms with van der Waals surface area (Å²) in [6.07, 6.45) is -4.72. The molecule has 0 aromatic heterocycles. The minimum Gasteiger partial charge on any atom is -0.507 e. The highest BCUT2D eigenvalue weighted by molar-refractivity contribution is 6.17. The molecule has 2 fully saturated rings. The first kappa shape index (κ1) is 32.1. The summed E-state index contributed by atoms with van der Waals surface area (Å²) < 4.78 is 50.1. The molecule has 42 heavy (non-hydrogen) atoms. The van der Waals surface area contributed by atoms with E-state index < -0.39 is 81.6 Å². The number of hydrogen-bond donors (Lipinski definition) is 2. The number of aromatic hydroxyl groups is 1. The molecule has 9 nitrogen and oxygen atoms in total. The summed E-state index contributed by atoms with van der Waals surface area (Å²) in [5, 5.41) is 11.0. The van der Waals surface area contributed by atoms with Crippen molar-refractivity contribution in [3.8, 4) is 5.75 Å². The van der Waals surface area contributed by atoms with E-state index in [2.05, 4.69) is 0 Å². The van der Waals surface area contributed by atoms with Crippen molar-refractivity contribution in [3.05, 3.63) is 28.3 Å². The van der Waals surface area contributed by atoms with E-state index in [0.29, 0.717) is 13.0 Å². The molecule has 3 N–H and O–H groups in total. The van der Waals surface area contributed by atoms with Crippen LogP contribution >= 0.6 is 0 Å². The lowest BCUT2D eigenvalue weighted by Gasteiger charge is -2.55. The van der Waals surface area contributed by atoms with Crippen LogP contribution in [0.3, 0.4) is 0 Å². The van der Waals surface area contributed by atoms with Gasteiger partial charge in [-0.05, 0) is 69.9 Å². The minimum absolute atomic E-state index is 0.0190. The number of benzene rings is 1. The van der Waals surface area contributed by atoms with Gasteiger partial charge in [-0.2, -0.15) is 13.2 Å². The van der Waals surface area contributed by atoms with E-state index in [1.807, 2.05) is 25.7 Å². The Labute approximate surface area is 243 Å². The van der Waals surface area contributed by atoms with Crippen molar-refractivity contribution in [3.63, 3.8) is 0 Å². The molecule has 3 aliphatic rings. The Morgan fingerprint density at radius 1 is 1.24 bits per heavy atom. The highest BCUT2D eigenvalue weighted by atomic mass is 19.4. The first-order valence-electron chi connectivity index (χ1n) is 14.4. The third-order valence-corrected chi connectivity index (χ3v) is 9.88. The number of amides is 1. The van der Waals surface area contributed by atoms with Crippen molar-refractivity contribution in [2.75, 3.05) is 27.7 Å². The predicted molar refractivity (Wildman–Crippen MR) is 147 cm³/mol. The maximum atomic E-state index is 14.8. The minimum atomic E-state index is -4.83. The number of carbonyl (C=O) groups excluding carboxylic acids is 4. The summed E-state index contributed by atoms with van der Waals surface area (Å²) >= 11 is 0. The molecule has 7 atom stereocenters. The molecule has 4 rings (SSSR count). The number of likely N-dealkylation sites (N-methyl/N-ethyl adjacent to an activating group) is 1. The third-order valence-electron chi connectivity index (χ3n) is 9.88. The maximum absolute atomic E-state index is 14.8. The molecule has 0 heterocycles. The molecule has 12 heteroatoms. The molecule has 0 bridgehead atoms. The van der Waals surface area contributed by atoms with Crippen LogP contribution in [0.5, 0.6) is 5.75 Å². The van der Waals surface area contributed by atoms with Gasteiger partial charge in [0.05, 0.1) is 23.1 Å². The van der Waals surface area contributed by atoms with Crippen LogP contribution in [0.2, 0.25) is 0 Å². The number of ether oxygens (including phenoxy) is 1. The van der Waals surface area contributed by atoms with Crippen LogP contribution < -0.4 is 5.73 Å². The van der Waals surface area contributed by atoms with E-state index in [1.54, 1.807) is 19.0 Å². The van der Waals surface area contributed by atoms with Crippen molar-refractivity contribution in [1.82, 2.24) is 9.80 Å². The lowest BCUT2D eigenvalue weighted by molar-refractivity contribution is -0.182. The predicted octanol–water partition coefficient (Wildman–Crippen LogP) is 2.98. The Hall–Kier alpha value is -2.83. The van der Waals surface area contributed by atoms with Gasteiger partial charge in [-0.15, -0.1) is 0 Å². The molecule has 0 saturated heterocycles. The van der Waals surface area contributed by atoms with E-state index in [-0.39, 0.29) is 43.0 Å². The molecule has 0 spiro atoms. The van der Waals surface area contributed by atoms with Gasteiger partial charge in [0.25, 0.3) is 0 Å². The number of alkyl halides is 3. The summed E-state index contributed by atoms with van der Waals surface area (Å²) in [5.41, 5.74) is 1.89. The molecule has 1 amide bonds. The van der Waals surface area contributed by atoms with Gasteiger partial charge >= 0.3 is 6.18 Å². The fourth-order valence-electron chi connectivity index (χ4n) is 7.70. The van der Waals surface area contributed by atoms with Crippen molar-refractivity contribution in [2.45, 2.75) is 76.9 Å². The fourth-order valence-corrected chi connectivity index (χ4v) is 7.70. The molecule has 1 aromatic rings. The molecule has 2 saturated carbocycles. The first-order valence-corrected chi connectivity index (χ1v) is 14.4. The standard InChI is InChI=1S/C30H40F3N3O6/c1-7-14(3)36(8-2)13-16-11-20(37)22-17(23(16)30(31,32)33)9-15-10-19-24(35(4)5)25(38)18(28(34)41)12-29(19,42-6)27(40)21(15)26(22)39/h11,14-15,18-19,21,24,37H,7-10,12-13H2,1-6H3,(H2,34,41). The second-order valence-corrected chi connectivity index (χ2v) is 12.2. The fraction of sp³-hybridized carbons (Fsp3) is 0.667. The normalized spacial score (nSPS) is 30.3. The Morgan fingerprint density at radius 3 is 2.38 bits per heavy atom. The Balaban J connectivity index is 1.89. The number of nitrogens with two attached hydrogens (primary N) is 1. The van der Waals surface area contributed by atoms with Gasteiger partial charge in [-0.25, -0.2) is 0 Å². The van der Waals surface area contributed by atoms with Gasteiger partial charge in [-0.1, -0.05) is 13.8 Å². The second kappa shape index (κ2) is 11.3. The zero-order valence-corrected chi connectivity index (χ0v) is 24.9. The Kier molecular flexibility index (Phi) is 8.67. The van der Waals surface area contributed by atoms with Crippen LogP contribution in [0, 0.1) is 23.7 Å². The van der Waals surface area contributed by atoms with Crippen molar-refractivity contribution >= 4 is 23.3 Å². The number of carbonyl (C=O) groups is 4. The van der Waals surface area contributed by atoms with E-state index in [9.17, 15) is 37.5 Å². The SMILES string of the molecule is CCC(C)N(CC)Cc1cc(O)c2c(c1C(F)(F)F)CC1CC3C(N(C)C)C(=O)C(C(N)=O)CC3(OC)C(=O)C1C2=O. The molecule has 232 valence electrons. The number of phenols is 1. The zero-order chi connectivity index (χ0) is 31.5. The summed E-state index contributed by atoms with van der Waals surface area (Å²) in [6.45, 7) is 6.09. The molecular weight excluding hydrogens is 555 g/mol. The van der Waals surface area contributed by atoms with Crippen LogP contribution in [0.1, 0.15) is 67.1 Å². The van der Waals surface area contributed by atoms with Crippen molar-refractivity contribution in [1.29, 1.82) is 0 Å².